The SMILES string of the molecule is C[C@@H](O)[C@@H]1NC(=O)[C@H](CCCCNC(=O)OCC2c3ccccc3-c3ccccc32)NC(=O)[C@@H](Cc2c[nH]c3ccccc23)NC(=O)[C@H](Cc2ccccc2)NC(=O)[C@@H](NC(=O)[C@H](N)Cc2ccccc2)CSSC[C@@H](C(=O)N[C@H](CO)[C@@H](C)O)NC1=O. The summed E-state index contributed by atoms with van der Waals surface area (Å²) in [4.78, 5) is 118. The molecular weight excluding hydrogens is 1160 g/mol. The van der Waals surface area contributed by atoms with Gasteiger partial charge in [0, 0.05) is 53.9 Å². The van der Waals surface area contributed by atoms with Crippen LogP contribution in [0.1, 0.15) is 66.8 Å². The summed E-state index contributed by atoms with van der Waals surface area (Å²) in [5.41, 5.74) is 13.4. The molecule has 24 heteroatoms. The molecule has 0 bridgehead atoms. The predicted octanol–water partition coefficient (Wildman–Crippen LogP) is 2.77. The number of nitrogens with two attached hydrogens (primary N) is 1. The van der Waals surface area contributed by atoms with Gasteiger partial charge >= 0.3 is 6.09 Å². The number of aliphatic hydroxyl groups excluding tert-OH is 3. The number of carbonyl (C=O) groups is 8. The van der Waals surface area contributed by atoms with Gasteiger partial charge < -0.3 is 73.3 Å². The monoisotopic (exact) mass is 1240 g/mol. The number of benzene rings is 5. The molecule has 0 saturated carbocycles. The smallest absolute Gasteiger partial charge is 0.407 e. The number of hydrogen-bond donors (Lipinski definition) is 13. The molecule has 2 aliphatic rings. The molecule has 0 radical (unpaired) electrons. The molecule has 5 aromatic carbocycles. The first-order valence-corrected chi connectivity index (χ1v) is 31.8. The number of ether oxygens (including phenoxy) is 1. The van der Waals surface area contributed by atoms with E-state index in [4.69, 9.17) is 10.5 Å². The second kappa shape index (κ2) is 32.1. The van der Waals surface area contributed by atoms with Gasteiger partial charge in [0.25, 0.3) is 0 Å². The van der Waals surface area contributed by atoms with E-state index in [0.717, 1.165) is 60.3 Å². The zero-order valence-electron chi connectivity index (χ0n) is 48.8. The number of aliphatic hydroxyl groups is 3. The van der Waals surface area contributed by atoms with Crippen LogP contribution in [0.5, 0.6) is 0 Å². The van der Waals surface area contributed by atoms with Crippen molar-refractivity contribution in [2.45, 2.75) is 119 Å². The van der Waals surface area contributed by atoms with Gasteiger partial charge in [-0.25, -0.2) is 4.79 Å². The van der Waals surface area contributed by atoms with Crippen LogP contribution in [0.15, 0.2) is 140 Å². The Labute approximate surface area is 517 Å². The number of fused-ring (bicyclic) bond motifs is 4. The summed E-state index contributed by atoms with van der Waals surface area (Å²) in [6.45, 7) is 2.09. The Hall–Kier alpha value is -8.26. The molecule has 88 heavy (non-hydrogen) atoms. The highest BCUT2D eigenvalue weighted by atomic mass is 33.1. The molecule has 1 fully saturated rings. The Morgan fingerprint density at radius 2 is 1.24 bits per heavy atom. The fourth-order valence-corrected chi connectivity index (χ4v) is 12.9. The number of H-pyrrole nitrogens is 1. The molecule has 0 unspecified atom stereocenters. The number of carbonyl (C=O) groups excluding carboxylic acids is 8. The Morgan fingerprint density at radius 1 is 0.659 bits per heavy atom. The van der Waals surface area contributed by atoms with Gasteiger partial charge in [-0.2, -0.15) is 0 Å². The Morgan fingerprint density at radius 3 is 1.90 bits per heavy atom. The first kappa shape index (κ1) is 65.7. The Balaban J connectivity index is 1.08. The number of nitrogens with one attached hydrogen (secondary N) is 9. The highest BCUT2D eigenvalue weighted by Crippen LogP contribution is 2.44. The van der Waals surface area contributed by atoms with E-state index < -0.39 is 115 Å². The summed E-state index contributed by atoms with van der Waals surface area (Å²) >= 11 is 0. The number of hydrogen-bond acceptors (Lipinski definition) is 15. The predicted molar refractivity (Wildman–Crippen MR) is 336 cm³/mol. The highest BCUT2D eigenvalue weighted by molar-refractivity contribution is 8.76. The minimum Gasteiger partial charge on any atom is -0.449 e. The van der Waals surface area contributed by atoms with Crippen LogP contribution in [-0.2, 0) is 57.6 Å². The third kappa shape index (κ3) is 17.9. The van der Waals surface area contributed by atoms with E-state index in [0.29, 0.717) is 11.1 Å². The number of aromatic nitrogens is 1. The van der Waals surface area contributed by atoms with E-state index in [1.165, 1.54) is 13.8 Å². The fourth-order valence-electron chi connectivity index (χ4n) is 10.5. The maximum atomic E-state index is 15.1. The zero-order valence-corrected chi connectivity index (χ0v) is 50.5. The van der Waals surface area contributed by atoms with Crippen molar-refractivity contribution in [3.05, 3.63) is 167 Å². The summed E-state index contributed by atoms with van der Waals surface area (Å²) in [6.07, 6.45) is -1.52. The second-order valence-corrected chi connectivity index (χ2v) is 24.5. The van der Waals surface area contributed by atoms with Gasteiger partial charge in [0.2, 0.25) is 41.4 Å². The zero-order chi connectivity index (χ0) is 62.7. The first-order valence-electron chi connectivity index (χ1n) is 29.3. The number of aromatic amines is 1. The normalized spacial score (nSPS) is 21.1. The summed E-state index contributed by atoms with van der Waals surface area (Å²) < 4.78 is 5.73. The number of rotatable bonds is 20. The Kier molecular flexibility index (Phi) is 24.0. The van der Waals surface area contributed by atoms with Crippen LogP contribution in [-0.4, -0.2) is 160 Å². The average molecular weight is 1240 g/mol. The van der Waals surface area contributed by atoms with Gasteiger partial charge in [-0.3, -0.25) is 33.6 Å². The van der Waals surface area contributed by atoms with E-state index in [1.54, 1.807) is 60.8 Å². The molecule has 1 aromatic heterocycles. The van der Waals surface area contributed by atoms with Crippen LogP contribution in [0.4, 0.5) is 4.79 Å². The van der Waals surface area contributed by atoms with Crippen molar-refractivity contribution in [3.8, 4) is 11.1 Å². The standard InChI is InChI=1S/C64H76N10O12S2/c1-37(76)53(33-75)71-62(83)55-36-88-87-35-54(72-57(78)48(65)29-39-17-5-3-6-18-39)61(82)69-51(30-40-19-7-4-8-20-40)59(80)70-52(31-41-32-67-49-26-14-13-21-42(41)49)60(81)68-50(58(79)74-56(38(2)77)63(84)73-55)27-15-16-28-66-64(85)86-34-47-45-24-11-9-22-43(45)44-23-10-12-25-46(44)47/h3-14,17-26,32,37-38,47-48,50-56,67,75-77H,15-16,27-31,33-36,65H2,1-2H3,(H,66,85)(H,68,81)(H,69,82)(H,70,80)(H,71,83)(H,72,78)(H,73,84)(H,74,79)/t37-,38-,48-,50+,51+,52-,53-,54+,55+,56+/m1/s1. The van der Waals surface area contributed by atoms with Crippen LogP contribution in [0.2, 0.25) is 0 Å². The molecular formula is C64H76N10O12S2. The van der Waals surface area contributed by atoms with Crippen molar-refractivity contribution in [1.29, 1.82) is 0 Å². The lowest BCUT2D eigenvalue weighted by Gasteiger charge is -2.29. The number of unbranched alkanes of at least 4 members (excludes halogenated alkanes) is 1. The average Bonchev–Trinajstić information content (AvgIpc) is 2.51. The molecule has 0 spiro atoms. The van der Waals surface area contributed by atoms with Gasteiger partial charge in [-0.1, -0.05) is 149 Å². The van der Waals surface area contributed by atoms with Crippen molar-refractivity contribution in [2.75, 3.05) is 31.3 Å². The van der Waals surface area contributed by atoms with Gasteiger partial charge in [-0.05, 0) is 84.5 Å². The molecule has 8 rings (SSSR count). The maximum Gasteiger partial charge on any atom is 0.407 e. The van der Waals surface area contributed by atoms with Crippen molar-refractivity contribution >= 4 is 79.9 Å². The highest BCUT2D eigenvalue weighted by Gasteiger charge is 2.37. The largest absolute Gasteiger partial charge is 0.449 e. The quantitative estimate of drug-likeness (QED) is 0.0386. The molecule has 1 aliphatic heterocycles. The molecule has 8 amide bonds. The van der Waals surface area contributed by atoms with Crippen LogP contribution in [0.25, 0.3) is 22.0 Å². The molecule has 466 valence electrons. The maximum absolute atomic E-state index is 15.1. The van der Waals surface area contributed by atoms with Crippen molar-refractivity contribution < 1.29 is 58.4 Å². The van der Waals surface area contributed by atoms with E-state index in [9.17, 15) is 44.1 Å². The summed E-state index contributed by atoms with van der Waals surface area (Å²) in [7, 11) is 2.03. The molecule has 1 saturated heterocycles. The lowest BCUT2D eigenvalue weighted by atomic mass is 9.98. The van der Waals surface area contributed by atoms with Crippen LogP contribution in [0.3, 0.4) is 0 Å². The van der Waals surface area contributed by atoms with Crippen molar-refractivity contribution in [1.82, 2.24) is 47.5 Å². The van der Waals surface area contributed by atoms with Gasteiger partial charge in [0.15, 0.2) is 0 Å². The molecule has 14 N–H and O–H groups in total. The lowest BCUT2D eigenvalue weighted by Crippen LogP contribution is -2.62. The topological polar surface area (TPSA) is 345 Å². The van der Waals surface area contributed by atoms with Crippen LogP contribution in [0, 0.1) is 0 Å². The minimum atomic E-state index is -1.74. The molecule has 2 heterocycles. The van der Waals surface area contributed by atoms with Gasteiger partial charge in [0.05, 0.1) is 30.9 Å². The van der Waals surface area contributed by atoms with E-state index in [1.807, 2.05) is 78.9 Å². The third-order valence-corrected chi connectivity index (χ3v) is 17.9. The van der Waals surface area contributed by atoms with Gasteiger partial charge in [-0.15, -0.1) is 0 Å². The summed E-state index contributed by atoms with van der Waals surface area (Å²) in [6, 6.07) is 29.9. The number of amides is 8. The minimum absolute atomic E-state index is 0.0798. The molecule has 6 aromatic rings. The van der Waals surface area contributed by atoms with Crippen LogP contribution >= 0.6 is 21.6 Å². The van der Waals surface area contributed by atoms with E-state index >= 15 is 9.59 Å². The van der Waals surface area contributed by atoms with E-state index in [2.05, 4.69) is 47.5 Å². The molecule has 10 atom stereocenters. The second-order valence-electron chi connectivity index (χ2n) is 21.9. The number of para-hydroxylation sites is 1. The van der Waals surface area contributed by atoms with Gasteiger partial charge in [0.1, 0.15) is 42.9 Å². The fraction of sp³-hybridized carbons (Fsp3) is 0.375. The number of alkyl carbamates (subject to hydrolysis) is 1. The van der Waals surface area contributed by atoms with Crippen LogP contribution < -0.4 is 48.3 Å². The first-order chi connectivity index (χ1) is 42.5. The van der Waals surface area contributed by atoms with Crippen molar-refractivity contribution in [2.24, 2.45) is 5.73 Å². The van der Waals surface area contributed by atoms with E-state index in [-0.39, 0.29) is 69.1 Å². The summed E-state index contributed by atoms with van der Waals surface area (Å²) in [5, 5.41) is 53.9. The molecule has 22 nitrogen and oxygen atoms in total. The lowest BCUT2D eigenvalue weighted by molar-refractivity contribution is -0.136. The molecule has 1 aliphatic carbocycles. The van der Waals surface area contributed by atoms with Crippen molar-refractivity contribution in [3.63, 3.8) is 0 Å². The Bertz CT molecular complexity index is 3330. The summed E-state index contributed by atoms with van der Waals surface area (Å²) in [5.74, 6) is -6.52. The third-order valence-electron chi connectivity index (χ3n) is 15.4.